The van der Waals surface area contributed by atoms with E-state index in [1.807, 2.05) is 0 Å². The SMILES string of the molecule is C[C@H]1CC[C@@H]2[C@H](C)[C@@H]3[C@@H](C[C@@H]4[C@H]5CC=C6C=CCC[C@]6(C)[C@@H]5CC[C@]34C)N2C1. The van der Waals surface area contributed by atoms with Crippen LogP contribution in [0.4, 0.5) is 0 Å². The van der Waals surface area contributed by atoms with Gasteiger partial charge in [-0.2, -0.15) is 0 Å². The summed E-state index contributed by atoms with van der Waals surface area (Å²) in [4.78, 5) is 3.04. The van der Waals surface area contributed by atoms with Gasteiger partial charge in [0.15, 0.2) is 0 Å². The summed E-state index contributed by atoms with van der Waals surface area (Å²) in [6.45, 7) is 11.9. The van der Waals surface area contributed by atoms with Crippen LogP contribution in [0.15, 0.2) is 23.8 Å². The van der Waals surface area contributed by atoms with Gasteiger partial charge in [-0.15, -0.1) is 0 Å². The lowest BCUT2D eigenvalue weighted by Crippen LogP contribution is -2.50. The summed E-state index contributed by atoms with van der Waals surface area (Å²) in [5.41, 5.74) is 2.78. The summed E-state index contributed by atoms with van der Waals surface area (Å²) >= 11 is 0. The molecule has 1 nitrogen and oxygen atoms in total. The van der Waals surface area contributed by atoms with Gasteiger partial charge >= 0.3 is 0 Å². The highest BCUT2D eigenvalue weighted by Crippen LogP contribution is 2.69. The fourth-order valence-corrected chi connectivity index (χ4v) is 10.0. The summed E-state index contributed by atoms with van der Waals surface area (Å²) < 4.78 is 0. The molecule has 2 saturated carbocycles. The van der Waals surface area contributed by atoms with E-state index in [1.165, 1.54) is 57.9 Å². The van der Waals surface area contributed by atoms with E-state index < -0.39 is 0 Å². The summed E-state index contributed by atoms with van der Waals surface area (Å²) in [6.07, 6.45) is 19.1. The largest absolute Gasteiger partial charge is 0.297 e. The molecule has 2 heterocycles. The third kappa shape index (κ3) is 2.18. The molecule has 10 atom stereocenters. The smallest absolute Gasteiger partial charge is 0.0138 e. The van der Waals surface area contributed by atoms with Gasteiger partial charge in [0, 0.05) is 18.6 Å². The molecule has 6 aliphatic rings. The molecule has 0 bridgehead atoms. The zero-order chi connectivity index (χ0) is 19.3. The van der Waals surface area contributed by atoms with Crippen molar-refractivity contribution >= 4 is 0 Å². The second kappa shape index (κ2) is 5.99. The molecule has 0 unspecified atom stereocenters. The highest BCUT2D eigenvalue weighted by Gasteiger charge is 2.66. The van der Waals surface area contributed by atoms with Gasteiger partial charge in [0.05, 0.1) is 0 Å². The van der Waals surface area contributed by atoms with Crippen molar-refractivity contribution in [1.29, 1.82) is 0 Å². The fraction of sp³-hybridized carbons (Fsp3) is 0.852. The van der Waals surface area contributed by atoms with E-state index in [2.05, 4.69) is 50.8 Å². The van der Waals surface area contributed by atoms with Gasteiger partial charge in [-0.05, 0) is 103 Å². The number of piperidine rings is 1. The summed E-state index contributed by atoms with van der Waals surface area (Å²) in [5.74, 6) is 5.68. The summed E-state index contributed by atoms with van der Waals surface area (Å²) in [7, 11) is 0. The highest BCUT2D eigenvalue weighted by atomic mass is 15.2. The molecule has 4 fully saturated rings. The van der Waals surface area contributed by atoms with Crippen molar-refractivity contribution in [2.75, 3.05) is 6.54 Å². The first-order valence-corrected chi connectivity index (χ1v) is 12.6. The molecule has 1 heteroatoms. The predicted octanol–water partition coefficient (Wildman–Crippen LogP) is 6.46. The average Bonchev–Trinajstić information content (AvgIpc) is 3.14. The molecule has 0 aromatic carbocycles. The van der Waals surface area contributed by atoms with Gasteiger partial charge in [-0.3, -0.25) is 4.90 Å². The Hall–Kier alpha value is -0.560. The quantitative estimate of drug-likeness (QED) is 0.467. The first kappa shape index (κ1) is 18.2. The third-order valence-electron chi connectivity index (χ3n) is 11.3. The second-order valence-corrected chi connectivity index (χ2v) is 12.3. The van der Waals surface area contributed by atoms with Gasteiger partial charge < -0.3 is 0 Å². The number of fused-ring (bicyclic) bond motifs is 9. The van der Waals surface area contributed by atoms with E-state index in [-0.39, 0.29) is 0 Å². The van der Waals surface area contributed by atoms with Crippen LogP contribution < -0.4 is 0 Å². The molecule has 6 rings (SSSR count). The van der Waals surface area contributed by atoms with E-state index in [1.54, 1.807) is 5.57 Å². The Morgan fingerprint density at radius 2 is 1.86 bits per heavy atom. The van der Waals surface area contributed by atoms with E-state index >= 15 is 0 Å². The minimum absolute atomic E-state index is 0.477. The number of nitrogens with zero attached hydrogens (tertiary/aromatic N) is 1. The number of hydrogen-bond acceptors (Lipinski definition) is 1. The van der Waals surface area contributed by atoms with E-state index in [9.17, 15) is 0 Å². The lowest BCUT2D eigenvalue weighted by Gasteiger charge is -2.57. The third-order valence-corrected chi connectivity index (χ3v) is 11.3. The number of hydrogen-bond donors (Lipinski definition) is 0. The normalized spacial score (nSPS) is 57.6. The van der Waals surface area contributed by atoms with Gasteiger partial charge in [0.1, 0.15) is 0 Å². The van der Waals surface area contributed by atoms with E-state index in [0.717, 1.165) is 47.6 Å². The lowest BCUT2D eigenvalue weighted by atomic mass is 9.47. The van der Waals surface area contributed by atoms with Crippen LogP contribution in [-0.4, -0.2) is 23.5 Å². The Kier molecular flexibility index (Phi) is 3.90. The maximum Gasteiger partial charge on any atom is 0.0138 e. The van der Waals surface area contributed by atoms with Gasteiger partial charge in [0.25, 0.3) is 0 Å². The van der Waals surface area contributed by atoms with Crippen LogP contribution in [0.2, 0.25) is 0 Å². The Morgan fingerprint density at radius 3 is 2.71 bits per heavy atom. The topological polar surface area (TPSA) is 3.24 Å². The Bertz CT molecular complexity index is 720. The standard InChI is InChI=1S/C27H41N/c1-17-8-11-23-18(2)25-24(28(23)16-17)15-22-20-10-9-19-7-5-6-13-26(19,3)21(20)12-14-27(22,25)4/h5,7,9,17-18,20-25H,6,8,10-16H2,1-4H3/t17-,18-,20-,21+,22+,23+,24+,25+,26-,27-/m0/s1. The first-order chi connectivity index (χ1) is 13.4. The minimum Gasteiger partial charge on any atom is -0.297 e. The molecule has 0 amide bonds. The molecule has 28 heavy (non-hydrogen) atoms. The summed E-state index contributed by atoms with van der Waals surface area (Å²) in [6, 6.07) is 1.81. The van der Waals surface area contributed by atoms with Crippen LogP contribution in [0.5, 0.6) is 0 Å². The van der Waals surface area contributed by atoms with Crippen molar-refractivity contribution < 1.29 is 0 Å². The highest BCUT2D eigenvalue weighted by molar-refractivity contribution is 5.34. The summed E-state index contributed by atoms with van der Waals surface area (Å²) in [5, 5.41) is 0. The maximum atomic E-state index is 3.04. The zero-order valence-electron chi connectivity index (χ0n) is 18.7. The Morgan fingerprint density at radius 1 is 1.00 bits per heavy atom. The molecular formula is C27H41N. The van der Waals surface area contributed by atoms with Gasteiger partial charge in [-0.25, -0.2) is 0 Å². The molecule has 2 saturated heterocycles. The second-order valence-electron chi connectivity index (χ2n) is 12.3. The van der Waals surface area contributed by atoms with E-state index in [0.29, 0.717) is 10.8 Å². The van der Waals surface area contributed by atoms with Crippen LogP contribution in [0.3, 0.4) is 0 Å². The fourth-order valence-electron chi connectivity index (χ4n) is 10.0. The van der Waals surface area contributed by atoms with Crippen LogP contribution in [0, 0.1) is 46.3 Å². The molecule has 2 aliphatic heterocycles. The Balaban J connectivity index is 1.35. The van der Waals surface area contributed by atoms with Crippen molar-refractivity contribution in [3.05, 3.63) is 23.8 Å². The molecule has 0 aromatic rings. The molecule has 4 aliphatic carbocycles. The van der Waals surface area contributed by atoms with Gasteiger partial charge in [0.2, 0.25) is 0 Å². The lowest BCUT2D eigenvalue weighted by molar-refractivity contribution is -0.0452. The van der Waals surface area contributed by atoms with Gasteiger partial charge in [-0.1, -0.05) is 45.9 Å². The average molecular weight is 380 g/mol. The molecule has 154 valence electrons. The van der Waals surface area contributed by atoms with E-state index in [4.69, 9.17) is 0 Å². The molecule has 0 N–H and O–H groups in total. The Labute approximate surface area is 173 Å². The molecule has 0 aromatic heterocycles. The maximum absolute atomic E-state index is 3.04. The van der Waals surface area contributed by atoms with Crippen LogP contribution in [0.1, 0.15) is 79.1 Å². The molecular weight excluding hydrogens is 338 g/mol. The minimum atomic E-state index is 0.477. The number of allylic oxidation sites excluding steroid dienone is 4. The van der Waals surface area contributed by atoms with Crippen molar-refractivity contribution in [2.45, 2.75) is 91.1 Å². The first-order valence-electron chi connectivity index (χ1n) is 12.6. The molecule has 0 radical (unpaired) electrons. The molecule has 0 spiro atoms. The monoisotopic (exact) mass is 379 g/mol. The van der Waals surface area contributed by atoms with Crippen molar-refractivity contribution in [1.82, 2.24) is 4.90 Å². The number of rotatable bonds is 0. The van der Waals surface area contributed by atoms with Crippen molar-refractivity contribution in [2.24, 2.45) is 46.3 Å². The van der Waals surface area contributed by atoms with Crippen LogP contribution >= 0.6 is 0 Å². The van der Waals surface area contributed by atoms with Crippen LogP contribution in [0.25, 0.3) is 0 Å². The van der Waals surface area contributed by atoms with Crippen molar-refractivity contribution in [3.8, 4) is 0 Å². The zero-order valence-corrected chi connectivity index (χ0v) is 18.7. The van der Waals surface area contributed by atoms with Crippen molar-refractivity contribution in [3.63, 3.8) is 0 Å². The predicted molar refractivity (Wildman–Crippen MR) is 117 cm³/mol. The van der Waals surface area contributed by atoms with Crippen LogP contribution in [-0.2, 0) is 0 Å².